The maximum Gasteiger partial charge on any atom is 0.336 e. The first-order valence-corrected chi connectivity index (χ1v) is 10.8. The Morgan fingerprint density at radius 1 is 0.829 bits per heavy atom. The highest BCUT2D eigenvalue weighted by molar-refractivity contribution is 5.98. The molecule has 0 saturated heterocycles. The van der Waals surface area contributed by atoms with Crippen LogP contribution in [-0.4, -0.2) is 29.8 Å². The Bertz CT molecular complexity index is 1340. The molecule has 0 saturated carbocycles. The number of hydrogen-bond donors (Lipinski definition) is 1. The molecule has 0 bridgehead atoms. The normalized spacial score (nSPS) is 11.0. The van der Waals surface area contributed by atoms with E-state index in [1.165, 1.54) is 12.3 Å². The Kier molecular flexibility index (Phi) is 7.50. The van der Waals surface area contributed by atoms with Crippen molar-refractivity contribution in [3.8, 4) is 17.2 Å². The maximum absolute atomic E-state index is 12.6. The molecule has 0 aliphatic rings. The lowest BCUT2D eigenvalue weighted by Crippen LogP contribution is -2.19. The molecule has 0 atom stereocenters. The molecule has 0 unspecified atom stereocenters. The monoisotopic (exact) mass is 465 g/mol. The molecule has 4 aromatic rings. The van der Waals surface area contributed by atoms with Crippen molar-refractivity contribution in [3.63, 3.8) is 0 Å². The Morgan fingerprint density at radius 2 is 1.49 bits per heavy atom. The smallest absolute Gasteiger partial charge is 0.336 e. The van der Waals surface area contributed by atoms with Crippen molar-refractivity contribution in [1.82, 2.24) is 9.99 Å². The molecule has 1 heterocycles. The highest BCUT2D eigenvalue weighted by atomic mass is 16.5. The predicted molar refractivity (Wildman–Crippen MR) is 135 cm³/mol. The molecule has 1 amide bonds. The number of carbonyl (C=O) groups is 2. The number of para-hydroxylation sites is 1. The number of hydrazone groups is 1. The number of ether oxygens (including phenoxy) is 2. The minimum Gasteiger partial charge on any atom is -0.497 e. The maximum atomic E-state index is 12.6. The van der Waals surface area contributed by atoms with Crippen LogP contribution in [0.1, 0.15) is 21.5 Å². The van der Waals surface area contributed by atoms with Gasteiger partial charge in [0, 0.05) is 18.5 Å². The Hall–Kier alpha value is -4.91. The zero-order chi connectivity index (χ0) is 24.5. The number of nitrogens with one attached hydrogen (secondary N) is 1. The minimum atomic E-state index is -0.490. The summed E-state index contributed by atoms with van der Waals surface area (Å²) in [5, 5.41) is 4.04. The summed E-state index contributed by atoms with van der Waals surface area (Å²) in [5.74, 6) is 0.335. The summed E-state index contributed by atoms with van der Waals surface area (Å²) >= 11 is 0. The van der Waals surface area contributed by atoms with Crippen LogP contribution in [0.2, 0.25) is 0 Å². The van der Waals surface area contributed by atoms with E-state index in [1.54, 1.807) is 49.6 Å². The molecule has 0 radical (unpaired) electrons. The van der Waals surface area contributed by atoms with Gasteiger partial charge in [0.05, 0.1) is 24.6 Å². The molecule has 3 aromatic carbocycles. The lowest BCUT2D eigenvalue weighted by atomic mass is 10.1. The lowest BCUT2D eigenvalue weighted by molar-refractivity contribution is -0.128. The number of carbonyl (C=O) groups excluding carboxylic acids is 2. The molecule has 174 valence electrons. The molecule has 35 heavy (non-hydrogen) atoms. The minimum absolute atomic E-state index is 0.320. The van der Waals surface area contributed by atoms with Crippen LogP contribution >= 0.6 is 0 Å². The second-order valence-corrected chi connectivity index (χ2v) is 7.40. The number of esters is 1. The van der Waals surface area contributed by atoms with Crippen molar-refractivity contribution < 1.29 is 19.1 Å². The quantitative estimate of drug-likeness (QED) is 0.132. The Labute approximate surface area is 202 Å². The zero-order valence-electron chi connectivity index (χ0n) is 19.0. The fourth-order valence-electron chi connectivity index (χ4n) is 3.26. The third-order valence-corrected chi connectivity index (χ3v) is 5.04. The van der Waals surface area contributed by atoms with Crippen molar-refractivity contribution >= 4 is 24.2 Å². The van der Waals surface area contributed by atoms with Gasteiger partial charge in [-0.2, -0.15) is 5.10 Å². The van der Waals surface area contributed by atoms with E-state index in [2.05, 4.69) is 10.5 Å². The highest BCUT2D eigenvalue weighted by Gasteiger charge is 2.11. The fraction of sp³-hybridized carbons (Fsp3) is 0.0357. The van der Waals surface area contributed by atoms with E-state index in [1.807, 2.05) is 65.5 Å². The number of rotatable bonds is 8. The van der Waals surface area contributed by atoms with Gasteiger partial charge in [-0.15, -0.1) is 0 Å². The van der Waals surface area contributed by atoms with E-state index in [0.29, 0.717) is 11.3 Å². The number of nitrogens with zero attached hydrogens (tertiary/aromatic N) is 2. The van der Waals surface area contributed by atoms with E-state index in [9.17, 15) is 9.59 Å². The number of benzene rings is 3. The van der Waals surface area contributed by atoms with Crippen LogP contribution < -0.4 is 14.9 Å². The Balaban J connectivity index is 1.31. The van der Waals surface area contributed by atoms with Crippen LogP contribution in [0.3, 0.4) is 0 Å². The molecule has 0 aliphatic carbocycles. The summed E-state index contributed by atoms with van der Waals surface area (Å²) in [7, 11) is 1.60. The molecule has 0 aliphatic heterocycles. The largest absolute Gasteiger partial charge is 0.497 e. The second-order valence-electron chi connectivity index (χ2n) is 7.40. The average Bonchev–Trinajstić information content (AvgIpc) is 3.44. The zero-order valence-corrected chi connectivity index (χ0v) is 19.0. The van der Waals surface area contributed by atoms with Gasteiger partial charge in [0.25, 0.3) is 5.91 Å². The van der Waals surface area contributed by atoms with Crippen LogP contribution in [-0.2, 0) is 4.79 Å². The second kappa shape index (κ2) is 11.3. The SMILES string of the molecule is COc1ccc(/C=C/C(=O)Oc2ccc(/C=N/NC(=O)c3ccccc3-n3cccc3)cc2)cc1. The molecular formula is C28H23N3O4. The molecule has 7 nitrogen and oxygen atoms in total. The van der Waals surface area contributed by atoms with Crippen LogP contribution in [0, 0.1) is 0 Å². The number of amides is 1. The van der Waals surface area contributed by atoms with Gasteiger partial charge in [-0.05, 0) is 77.9 Å². The van der Waals surface area contributed by atoms with Gasteiger partial charge in [0.2, 0.25) is 0 Å². The van der Waals surface area contributed by atoms with Crippen molar-refractivity contribution in [1.29, 1.82) is 0 Å². The van der Waals surface area contributed by atoms with E-state index >= 15 is 0 Å². The summed E-state index contributed by atoms with van der Waals surface area (Å²) in [4.78, 5) is 24.7. The number of methoxy groups -OCH3 is 1. The summed E-state index contributed by atoms with van der Waals surface area (Å²) in [6.45, 7) is 0. The lowest BCUT2D eigenvalue weighted by Gasteiger charge is -2.09. The van der Waals surface area contributed by atoms with Crippen molar-refractivity contribution in [3.05, 3.63) is 120 Å². The van der Waals surface area contributed by atoms with Gasteiger partial charge >= 0.3 is 5.97 Å². The molecule has 1 aromatic heterocycles. The molecule has 0 spiro atoms. The van der Waals surface area contributed by atoms with Gasteiger partial charge in [-0.3, -0.25) is 4.79 Å². The van der Waals surface area contributed by atoms with Gasteiger partial charge in [0.1, 0.15) is 11.5 Å². The van der Waals surface area contributed by atoms with Crippen LogP contribution in [0.15, 0.2) is 109 Å². The van der Waals surface area contributed by atoms with Crippen LogP contribution in [0.5, 0.6) is 11.5 Å². The first-order chi connectivity index (χ1) is 17.1. The third-order valence-electron chi connectivity index (χ3n) is 5.04. The van der Waals surface area contributed by atoms with E-state index in [-0.39, 0.29) is 5.91 Å². The third kappa shape index (κ3) is 6.33. The molecule has 4 rings (SSSR count). The van der Waals surface area contributed by atoms with E-state index in [0.717, 1.165) is 22.6 Å². The first kappa shape index (κ1) is 23.3. The molecular weight excluding hydrogens is 442 g/mol. The highest BCUT2D eigenvalue weighted by Crippen LogP contribution is 2.16. The van der Waals surface area contributed by atoms with Gasteiger partial charge in [0.15, 0.2) is 0 Å². The first-order valence-electron chi connectivity index (χ1n) is 10.8. The average molecular weight is 466 g/mol. The van der Waals surface area contributed by atoms with Gasteiger partial charge < -0.3 is 14.0 Å². The van der Waals surface area contributed by atoms with E-state index in [4.69, 9.17) is 9.47 Å². The summed E-state index contributed by atoms with van der Waals surface area (Å²) in [6, 6.07) is 25.2. The molecule has 1 N–H and O–H groups in total. The summed E-state index contributed by atoms with van der Waals surface area (Å²) in [5.41, 5.74) is 5.41. The fourth-order valence-corrected chi connectivity index (χ4v) is 3.26. The van der Waals surface area contributed by atoms with Crippen molar-refractivity contribution in [2.45, 2.75) is 0 Å². The standard InChI is InChI=1S/C28H23N3O4/c1-34-23-13-8-21(9-14-23)12-17-27(32)35-24-15-10-22(11-16-24)20-29-30-28(33)25-6-2-3-7-26(25)31-18-4-5-19-31/h2-20H,1H3,(H,30,33)/b17-12+,29-20+. The topological polar surface area (TPSA) is 81.9 Å². The predicted octanol–water partition coefficient (Wildman–Crippen LogP) is 4.87. The molecule has 7 heteroatoms. The van der Waals surface area contributed by atoms with Crippen molar-refractivity contribution in [2.24, 2.45) is 5.10 Å². The summed E-state index contributed by atoms with van der Waals surface area (Å²) < 4.78 is 12.3. The summed E-state index contributed by atoms with van der Waals surface area (Å²) in [6.07, 6.45) is 8.29. The van der Waals surface area contributed by atoms with Gasteiger partial charge in [-0.1, -0.05) is 24.3 Å². The van der Waals surface area contributed by atoms with E-state index < -0.39 is 5.97 Å². The number of hydrogen-bond acceptors (Lipinski definition) is 5. The van der Waals surface area contributed by atoms with Gasteiger partial charge in [-0.25, -0.2) is 10.2 Å². The van der Waals surface area contributed by atoms with Crippen LogP contribution in [0.25, 0.3) is 11.8 Å². The number of aromatic nitrogens is 1. The van der Waals surface area contributed by atoms with Crippen molar-refractivity contribution in [2.75, 3.05) is 7.11 Å². The van der Waals surface area contributed by atoms with Crippen LogP contribution in [0.4, 0.5) is 0 Å². The molecule has 0 fully saturated rings. The Morgan fingerprint density at radius 3 is 2.20 bits per heavy atom.